The second-order valence-corrected chi connectivity index (χ2v) is 9.31. The summed E-state index contributed by atoms with van der Waals surface area (Å²) in [7, 11) is 0. The van der Waals surface area contributed by atoms with Gasteiger partial charge in [-0.25, -0.2) is 0 Å². The van der Waals surface area contributed by atoms with Crippen molar-refractivity contribution in [1.82, 2.24) is 0 Å². The molecule has 4 rings (SSSR count). The van der Waals surface area contributed by atoms with Gasteiger partial charge < -0.3 is 5.11 Å². The van der Waals surface area contributed by atoms with Gasteiger partial charge in [-0.05, 0) is 55.3 Å². The summed E-state index contributed by atoms with van der Waals surface area (Å²) in [4.78, 5) is 25.5. The second kappa shape index (κ2) is 5.18. The lowest BCUT2D eigenvalue weighted by Crippen LogP contribution is -2.58. The smallest absolute Gasteiger partial charge is 0.139 e. The molecule has 0 heterocycles. The minimum atomic E-state index is -0.455. The number of aliphatic hydroxyl groups excluding tert-OH is 1. The number of rotatable bonds is 0. The van der Waals surface area contributed by atoms with Crippen molar-refractivity contribution in [2.75, 3.05) is 0 Å². The highest BCUT2D eigenvalue weighted by Crippen LogP contribution is 2.64. The fraction of sp³-hybridized carbons (Fsp3) is 0.810. The number of aliphatic hydroxyl groups is 1. The van der Waals surface area contributed by atoms with Gasteiger partial charge in [0, 0.05) is 30.1 Å². The molecule has 130 valence electrons. The topological polar surface area (TPSA) is 54.4 Å². The Bertz CT molecular complexity index is 631. The zero-order chi connectivity index (χ0) is 17.3. The van der Waals surface area contributed by atoms with E-state index in [1.54, 1.807) is 0 Å². The molecule has 0 spiro atoms. The molecule has 24 heavy (non-hydrogen) atoms. The lowest BCUT2D eigenvalue weighted by molar-refractivity contribution is -0.164. The van der Waals surface area contributed by atoms with Gasteiger partial charge in [-0.3, -0.25) is 9.59 Å². The largest absolute Gasteiger partial charge is 0.392 e. The molecule has 4 saturated carbocycles. The molecule has 0 aliphatic heterocycles. The van der Waals surface area contributed by atoms with Crippen molar-refractivity contribution in [2.45, 2.75) is 64.9 Å². The number of carbonyl (C=O) groups excluding carboxylic acids is 2. The molecule has 4 aliphatic carbocycles. The summed E-state index contributed by atoms with van der Waals surface area (Å²) in [5.41, 5.74) is -0.299. The minimum Gasteiger partial charge on any atom is -0.392 e. The molecule has 0 saturated heterocycles. The molecule has 0 aromatic heterocycles. The Balaban J connectivity index is 1.70. The molecule has 4 aliphatic rings. The predicted molar refractivity (Wildman–Crippen MR) is 90.8 cm³/mol. The first-order chi connectivity index (χ1) is 11.3. The first-order valence-electron chi connectivity index (χ1n) is 9.51. The highest BCUT2D eigenvalue weighted by Gasteiger charge is 2.63. The first-order valence-corrected chi connectivity index (χ1v) is 9.51. The fourth-order valence-corrected chi connectivity index (χ4v) is 6.92. The zero-order valence-corrected chi connectivity index (χ0v) is 14.8. The number of Topliss-reactive ketones (excluding diaryl/α,β-unsaturated/α-hetero) is 2. The SMILES string of the molecule is C#C[C@@H]1C[C@@H]2CC(=O)[C@H]3[C@@H](CC[C@]4(C)C(=O)CC[C@@H]34)[C@@]2(C)C[C@H]1O. The van der Waals surface area contributed by atoms with Crippen LogP contribution >= 0.6 is 0 Å². The fourth-order valence-electron chi connectivity index (χ4n) is 6.92. The van der Waals surface area contributed by atoms with Crippen LogP contribution in [0.3, 0.4) is 0 Å². The van der Waals surface area contributed by atoms with Gasteiger partial charge in [0.2, 0.25) is 0 Å². The van der Waals surface area contributed by atoms with Gasteiger partial charge in [0.1, 0.15) is 11.6 Å². The van der Waals surface area contributed by atoms with Crippen molar-refractivity contribution >= 4 is 11.6 Å². The summed E-state index contributed by atoms with van der Waals surface area (Å²) in [5, 5.41) is 10.5. The predicted octanol–water partition coefficient (Wildman–Crippen LogP) is 3.00. The van der Waals surface area contributed by atoms with Crippen molar-refractivity contribution < 1.29 is 14.7 Å². The molecule has 0 radical (unpaired) electrons. The van der Waals surface area contributed by atoms with E-state index >= 15 is 0 Å². The monoisotopic (exact) mass is 328 g/mol. The van der Waals surface area contributed by atoms with E-state index in [1.807, 2.05) is 0 Å². The molecule has 0 bridgehead atoms. The van der Waals surface area contributed by atoms with Crippen LogP contribution in [-0.2, 0) is 9.59 Å². The summed E-state index contributed by atoms with van der Waals surface area (Å²) in [6.07, 6.45) is 10.6. The minimum absolute atomic E-state index is 0.0156. The van der Waals surface area contributed by atoms with E-state index in [2.05, 4.69) is 19.8 Å². The van der Waals surface area contributed by atoms with Crippen molar-refractivity contribution in [3.8, 4) is 12.3 Å². The molecule has 0 unspecified atom stereocenters. The maximum absolute atomic E-state index is 13.1. The standard InChI is InChI=1S/C21H28O3/c1-4-12-9-13-10-16(22)19-14-5-6-18(24)20(14,2)8-7-15(19)21(13,3)11-17(12)23/h1,12-15,17,19,23H,5-11H2,2-3H3/t12-,13-,14+,15-,17-,19-,20+,21+/m1/s1. The van der Waals surface area contributed by atoms with Crippen LogP contribution in [0.4, 0.5) is 0 Å². The van der Waals surface area contributed by atoms with Gasteiger partial charge in [0.25, 0.3) is 0 Å². The molecule has 0 amide bonds. The van der Waals surface area contributed by atoms with E-state index in [4.69, 9.17) is 6.42 Å². The zero-order valence-electron chi connectivity index (χ0n) is 14.8. The van der Waals surface area contributed by atoms with E-state index in [1.165, 1.54) is 0 Å². The van der Waals surface area contributed by atoms with Crippen molar-refractivity contribution in [3.63, 3.8) is 0 Å². The summed E-state index contributed by atoms with van der Waals surface area (Å²) >= 11 is 0. The number of hydrogen-bond acceptors (Lipinski definition) is 3. The van der Waals surface area contributed by atoms with Gasteiger partial charge in [-0.15, -0.1) is 12.3 Å². The highest BCUT2D eigenvalue weighted by molar-refractivity contribution is 5.90. The summed E-state index contributed by atoms with van der Waals surface area (Å²) in [6, 6.07) is 0. The van der Waals surface area contributed by atoms with Gasteiger partial charge >= 0.3 is 0 Å². The van der Waals surface area contributed by atoms with E-state index in [0.717, 1.165) is 25.7 Å². The Morgan fingerprint density at radius 1 is 1.21 bits per heavy atom. The average Bonchev–Trinajstić information content (AvgIpc) is 2.83. The van der Waals surface area contributed by atoms with Gasteiger partial charge in [-0.2, -0.15) is 0 Å². The number of hydrogen-bond donors (Lipinski definition) is 1. The second-order valence-electron chi connectivity index (χ2n) is 9.31. The molecular formula is C21H28O3. The lowest BCUT2D eigenvalue weighted by atomic mass is 9.44. The average molecular weight is 328 g/mol. The summed E-state index contributed by atoms with van der Waals surface area (Å²) < 4.78 is 0. The molecular weight excluding hydrogens is 300 g/mol. The first kappa shape index (κ1) is 16.3. The molecule has 3 nitrogen and oxygen atoms in total. The Morgan fingerprint density at radius 2 is 1.96 bits per heavy atom. The van der Waals surface area contributed by atoms with Crippen LogP contribution < -0.4 is 0 Å². The molecule has 8 atom stereocenters. The third kappa shape index (κ3) is 1.96. The van der Waals surface area contributed by atoms with Crippen LogP contribution in [0.25, 0.3) is 0 Å². The van der Waals surface area contributed by atoms with Crippen LogP contribution in [0.1, 0.15) is 58.8 Å². The van der Waals surface area contributed by atoms with Crippen LogP contribution in [-0.4, -0.2) is 22.8 Å². The molecule has 0 aromatic carbocycles. The molecule has 4 fully saturated rings. The van der Waals surface area contributed by atoms with E-state index in [-0.39, 0.29) is 34.5 Å². The van der Waals surface area contributed by atoms with Crippen LogP contribution in [0.2, 0.25) is 0 Å². The van der Waals surface area contributed by atoms with E-state index in [0.29, 0.717) is 36.7 Å². The van der Waals surface area contributed by atoms with E-state index in [9.17, 15) is 14.7 Å². The Hall–Kier alpha value is -1.14. The van der Waals surface area contributed by atoms with Crippen molar-refractivity contribution in [2.24, 2.45) is 40.4 Å². The maximum atomic E-state index is 13.1. The van der Waals surface area contributed by atoms with Gasteiger partial charge in [-0.1, -0.05) is 13.8 Å². The van der Waals surface area contributed by atoms with E-state index < -0.39 is 6.10 Å². The normalized spacial score (nSPS) is 53.8. The lowest BCUT2D eigenvalue weighted by Gasteiger charge is -2.59. The molecule has 3 heteroatoms. The van der Waals surface area contributed by atoms with Gasteiger partial charge in [0.05, 0.1) is 6.10 Å². The highest BCUT2D eigenvalue weighted by atomic mass is 16.3. The van der Waals surface area contributed by atoms with Crippen molar-refractivity contribution in [1.29, 1.82) is 0 Å². The Labute approximate surface area is 144 Å². The number of fused-ring (bicyclic) bond motifs is 5. The van der Waals surface area contributed by atoms with Crippen LogP contribution in [0, 0.1) is 52.8 Å². The van der Waals surface area contributed by atoms with Crippen LogP contribution in [0.15, 0.2) is 0 Å². The quantitative estimate of drug-likeness (QED) is 0.696. The number of carbonyl (C=O) groups is 2. The summed E-state index contributed by atoms with van der Waals surface area (Å²) in [6.45, 7) is 4.37. The molecule has 1 N–H and O–H groups in total. The molecule has 0 aromatic rings. The third-order valence-corrected chi connectivity index (χ3v) is 8.44. The Morgan fingerprint density at radius 3 is 2.67 bits per heavy atom. The number of ketones is 2. The van der Waals surface area contributed by atoms with Crippen molar-refractivity contribution in [3.05, 3.63) is 0 Å². The van der Waals surface area contributed by atoms with Crippen LogP contribution in [0.5, 0.6) is 0 Å². The maximum Gasteiger partial charge on any atom is 0.139 e. The summed E-state index contributed by atoms with van der Waals surface area (Å²) in [5.74, 6) is 4.18. The number of terminal acetylenes is 1. The Kier molecular flexibility index (Phi) is 3.52. The third-order valence-electron chi connectivity index (χ3n) is 8.44. The van der Waals surface area contributed by atoms with Gasteiger partial charge in [0.15, 0.2) is 0 Å².